The largest absolute Gasteiger partial charge is 0.497 e. The summed E-state index contributed by atoms with van der Waals surface area (Å²) in [7, 11) is 1.46. The van der Waals surface area contributed by atoms with Crippen LogP contribution in [0.2, 0.25) is 0 Å². The molecule has 2 atom stereocenters. The van der Waals surface area contributed by atoms with Crippen LogP contribution in [0.25, 0.3) is 0 Å². The quantitative estimate of drug-likeness (QED) is 0.722. The van der Waals surface area contributed by atoms with Crippen molar-refractivity contribution in [1.82, 2.24) is 0 Å². The van der Waals surface area contributed by atoms with Crippen LogP contribution in [0.15, 0.2) is 29.2 Å². The van der Waals surface area contributed by atoms with Crippen LogP contribution in [-0.2, 0) is 20.3 Å². The third-order valence-corrected chi connectivity index (χ3v) is 4.48. The van der Waals surface area contributed by atoms with Gasteiger partial charge in [-0.3, -0.25) is 9.00 Å². The molecule has 0 aliphatic heterocycles. The van der Waals surface area contributed by atoms with Crippen LogP contribution in [0.5, 0.6) is 5.75 Å². The minimum absolute atomic E-state index is 0.422. The molecular formula is C14H20O4S. The Morgan fingerprint density at radius 1 is 1.37 bits per heavy atom. The van der Waals surface area contributed by atoms with Crippen molar-refractivity contribution in [2.75, 3.05) is 14.2 Å². The lowest BCUT2D eigenvalue weighted by Gasteiger charge is -2.14. The first kappa shape index (κ1) is 15.7. The molecule has 0 heterocycles. The fourth-order valence-corrected chi connectivity index (χ4v) is 3.15. The molecule has 0 amide bonds. The highest BCUT2D eigenvalue weighted by molar-refractivity contribution is 7.86. The van der Waals surface area contributed by atoms with Gasteiger partial charge in [-0.25, -0.2) is 0 Å². The number of methoxy groups -OCH3 is 2. The Morgan fingerprint density at radius 2 is 2.11 bits per heavy atom. The average Bonchev–Trinajstić information content (AvgIpc) is 2.47. The second-order valence-electron chi connectivity index (χ2n) is 4.13. The van der Waals surface area contributed by atoms with Crippen LogP contribution in [0.1, 0.15) is 26.2 Å². The summed E-state index contributed by atoms with van der Waals surface area (Å²) in [5.74, 6) is 0.208. The molecule has 0 aromatic heterocycles. The molecule has 106 valence electrons. The van der Waals surface area contributed by atoms with Gasteiger partial charge in [0.1, 0.15) is 11.0 Å². The minimum Gasteiger partial charge on any atom is -0.497 e. The van der Waals surface area contributed by atoms with Gasteiger partial charge in [-0.05, 0) is 24.6 Å². The molecule has 0 radical (unpaired) electrons. The summed E-state index contributed by atoms with van der Waals surface area (Å²) < 4.78 is 22.3. The molecule has 19 heavy (non-hydrogen) atoms. The van der Waals surface area contributed by atoms with Crippen LogP contribution < -0.4 is 4.74 Å². The predicted molar refractivity (Wildman–Crippen MR) is 74.7 cm³/mol. The van der Waals surface area contributed by atoms with Crippen molar-refractivity contribution in [2.24, 2.45) is 0 Å². The van der Waals surface area contributed by atoms with E-state index in [0.29, 0.717) is 17.1 Å². The number of hydrogen-bond acceptors (Lipinski definition) is 4. The lowest BCUT2D eigenvalue weighted by atomic mass is 10.2. The molecule has 4 nitrogen and oxygen atoms in total. The highest BCUT2D eigenvalue weighted by Crippen LogP contribution is 2.21. The van der Waals surface area contributed by atoms with Gasteiger partial charge < -0.3 is 9.47 Å². The first-order valence-corrected chi connectivity index (χ1v) is 7.47. The van der Waals surface area contributed by atoms with Gasteiger partial charge in [0.15, 0.2) is 0 Å². The Bertz CT molecular complexity index is 445. The fraction of sp³-hybridized carbons (Fsp3) is 0.500. The highest BCUT2D eigenvalue weighted by atomic mass is 32.2. The molecule has 0 aliphatic rings. The standard InChI is InChI=1S/C14H20O4S/c1-4-5-9-13(14(15)18-3)19(16)12-8-6-7-11(10-12)17-2/h6-8,10,13H,4-5,9H2,1-3H3. The third-order valence-electron chi connectivity index (χ3n) is 2.82. The molecule has 0 fully saturated rings. The van der Waals surface area contributed by atoms with Crippen LogP contribution in [0.4, 0.5) is 0 Å². The summed E-state index contributed by atoms with van der Waals surface area (Å²) >= 11 is 0. The summed E-state index contributed by atoms with van der Waals surface area (Å²) in [6, 6.07) is 6.97. The van der Waals surface area contributed by atoms with E-state index in [4.69, 9.17) is 9.47 Å². The molecular weight excluding hydrogens is 264 g/mol. The number of carbonyl (C=O) groups is 1. The van der Waals surface area contributed by atoms with Crippen LogP contribution in [0.3, 0.4) is 0 Å². The summed E-state index contributed by atoms with van der Waals surface area (Å²) in [4.78, 5) is 12.3. The summed E-state index contributed by atoms with van der Waals surface area (Å²) in [6.07, 6.45) is 2.35. The molecule has 5 heteroatoms. The lowest BCUT2D eigenvalue weighted by Crippen LogP contribution is -2.27. The van der Waals surface area contributed by atoms with E-state index in [9.17, 15) is 9.00 Å². The Kier molecular flexibility index (Phi) is 6.56. The molecule has 0 aliphatic carbocycles. The maximum Gasteiger partial charge on any atom is 0.321 e. The molecule has 0 N–H and O–H groups in total. The number of rotatable bonds is 7. The number of esters is 1. The number of unbranched alkanes of at least 4 members (excludes halogenated alkanes) is 1. The average molecular weight is 284 g/mol. The summed E-state index contributed by atoms with van der Waals surface area (Å²) in [5, 5.41) is -0.614. The van der Waals surface area contributed by atoms with Gasteiger partial charge in [0.25, 0.3) is 0 Å². The van der Waals surface area contributed by atoms with Crippen LogP contribution >= 0.6 is 0 Å². The van der Waals surface area contributed by atoms with E-state index in [-0.39, 0.29) is 0 Å². The van der Waals surface area contributed by atoms with Gasteiger partial charge in [0.05, 0.1) is 25.0 Å². The molecule has 1 rings (SSSR count). The van der Waals surface area contributed by atoms with Gasteiger partial charge in [-0.2, -0.15) is 0 Å². The number of benzene rings is 1. The number of ether oxygens (including phenoxy) is 2. The molecule has 0 saturated carbocycles. The van der Waals surface area contributed by atoms with Crippen molar-refractivity contribution in [3.8, 4) is 5.75 Å². The molecule has 0 spiro atoms. The van der Waals surface area contributed by atoms with E-state index in [1.165, 1.54) is 7.11 Å². The van der Waals surface area contributed by atoms with Crippen molar-refractivity contribution < 1.29 is 18.5 Å². The van der Waals surface area contributed by atoms with Gasteiger partial charge in [0, 0.05) is 4.90 Å². The van der Waals surface area contributed by atoms with Gasteiger partial charge in [-0.1, -0.05) is 25.8 Å². The van der Waals surface area contributed by atoms with E-state index in [1.54, 1.807) is 31.4 Å². The van der Waals surface area contributed by atoms with Crippen molar-refractivity contribution >= 4 is 16.8 Å². The van der Waals surface area contributed by atoms with Gasteiger partial charge in [-0.15, -0.1) is 0 Å². The first-order chi connectivity index (χ1) is 9.13. The second-order valence-corrected chi connectivity index (χ2v) is 5.77. The maximum atomic E-state index is 12.5. The summed E-state index contributed by atoms with van der Waals surface area (Å²) in [6.45, 7) is 2.03. The first-order valence-electron chi connectivity index (χ1n) is 6.26. The van der Waals surface area contributed by atoms with E-state index in [1.807, 2.05) is 6.92 Å². The number of carbonyl (C=O) groups excluding carboxylic acids is 1. The fourth-order valence-electron chi connectivity index (χ4n) is 1.72. The normalized spacial score (nSPS) is 13.6. The van der Waals surface area contributed by atoms with Crippen molar-refractivity contribution in [3.05, 3.63) is 24.3 Å². The van der Waals surface area contributed by atoms with E-state index < -0.39 is 22.0 Å². The smallest absolute Gasteiger partial charge is 0.321 e. The van der Waals surface area contributed by atoms with Crippen molar-refractivity contribution in [1.29, 1.82) is 0 Å². The van der Waals surface area contributed by atoms with Gasteiger partial charge in [0.2, 0.25) is 0 Å². The second kappa shape index (κ2) is 7.94. The van der Waals surface area contributed by atoms with Crippen LogP contribution in [-0.4, -0.2) is 29.6 Å². The third kappa shape index (κ3) is 4.35. The summed E-state index contributed by atoms with van der Waals surface area (Å²) in [5.41, 5.74) is 0. The van der Waals surface area contributed by atoms with Crippen molar-refractivity contribution in [3.63, 3.8) is 0 Å². The van der Waals surface area contributed by atoms with Crippen LogP contribution in [0, 0.1) is 0 Å². The SMILES string of the molecule is CCCCC(C(=O)OC)S(=O)c1cccc(OC)c1. The number of hydrogen-bond donors (Lipinski definition) is 0. The Balaban J connectivity index is 2.93. The predicted octanol–water partition coefficient (Wildman–Crippen LogP) is 2.53. The van der Waals surface area contributed by atoms with Crippen molar-refractivity contribution in [2.45, 2.75) is 36.3 Å². The molecule has 1 aromatic carbocycles. The Hall–Kier alpha value is -1.36. The zero-order chi connectivity index (χ0) is 14.3. The van der Waals surface area contributed by atoms with E-state index in [0.717, 1.165) is 12.8 Å². The monoisotopic (exact) mass is 284 g/mol. The Labute approximate surface area is 116 Å². The zero-order valence-electron chi connectivity index (χ0n) is 11.5. The van der Waals surface area contributed by atoms with E-state index >= 15 is 0 Å². The van der Waals surface area contributed by atoms with E-state index in [2.05, 4.69) is 0 Å². The topological polar surface area (TPSA) is 52.6 Å². The molecule has 2 unspecified atom stereocenters. The highest BCUT2D eigenvalue weighted by Gasteiger charge is 2.26. The molecule has 1 aromatic rings. The lowest BCUT2D eigenvalue weighted by molar-refractivity contribution is -0.140. The maximum absolute atomic E-state index is 12.5. The molecule has 0 saturated heterocycles. The zero-order valence-corrected chi connectivity index (χ0v) is 12.4. The minimum atomic E-state index is -1.42. The molecule has 0 bridgehead atoms. The Morgan fingerprint density at radius 3 is 2.68 bits per heavy atom. The van der Waals surface area contributed by atoms with Gasteiger partial charge >= 0.3 is 5.97 Å².